The van der Waals surface area contributed by atoms with Gasteiger partial charge in [-0.15, -0.1) is 11.3 Å². The smallest absolute Gasteiger partial charge is 0.327 e. The van der Waals surface area contributed by atoms with Crippen LogP contribution in [0.2, 0.25) is 0 Å². The second-order valence-electron chi connectivity index (χ2n) is 10.4. The first-order valence-corrected chi connectivity index (χ1v) is 13.8. The van der Waals surface area contributed by atoms with Crippen LogP contribution in [0.5, 0.6) is 0 Å². The molecule has 7 rings (SSSR count). The van der Waals surface area contributed by atoms with Gasteiger partial charge in [0.2, 0.25) is 0 Å². The summed E-state index contributed by atoms with van der Waals surface area (Å²) in [6, 6.07) is 9.41. The number of rotatable bonds is 6. The number of nitrogens with zero attached hydrogens (tertiary/aromatic N) is 4. The van der Waals surface area contributed by atoms with E-state index < -0.39 is 59.3 Å². The standard InChI is InChI=1S/C29H19F6N5OS/c30-15-6-13(7-16(31)10-15)8-21(24-17(2-1-5-36-24)14-3-4-22-20(9-14)37-12-42-22)38-28(41)40-25(27(32)33)23-18-11-19(18)29(34,35)26(23)39-40/h1-7,9-10,12,18-19,21,27H,8,11H2,(H,38,41)/t18?,19?,21-/m0/s1. The molecule has 2 unspecified atom stereocenters. The Balaban J connectivity index is 1.31. The zero-order valence-corrected chi connectivity index (χ0v) is 22.2. The van der Waals surface area contributed by atoms with Crippen LogP contribution in [-0.2, 0) is 12.3 Å². The molecule has 1 fully saturated rings. The van der Waals surface area contributed by atoms with Crippen molar-refractivity contribution >= 4 is 27.6 Å². The molecule has 5 aromatic rings. The normalized spacial score (nSPS) is 19.1. The summed E-state index contributed by atoms with van der Waals surface area (Å²) in [5.74, 6) is -7.00. The average Bonchev–Trinajstić information content (AvgIpc) is 3.33. The SMILES string of the molecule is O=C(N[C@@H](Cc1cc(F)cc(F)c1)c1ncccc1-c1ccc2scnc2c1)n1nc2c(c1C(F)F)C1CC1C2(F)F. The molecule has 2 aliphatic rings. The molecule has 2 aromatic carbocycles. The fourth-order valence-electron chi connectivity index (χ4n) is 5.87. The number of hydrogen-bond acceptors (Lipinski definition) is 5. The van der Waals surface area contributed by atoms with Gasteiger partial charge in [0.15, 0.2) is 0 Å². The molecule has 6 nitrogen and oxygen atoms in total. The van der Waals surface area contributed by atoms with E-state index in [4.69, 9.17) is 0 Å². The van der Waals surface area contributed by atoms with Crippen LogP contribution in [-0.4, -0.2) is 25.8 Å². The summed E-state index contributed by atoms with van der Waals surface area (Å²) in [5.41, 5.74) is 2.05. The Hall–Kier alpha value is -4.26. The predicted molar refractivity (Wildman–Crippen MR) is 142 cm³/mol. The molecular formula is C29H19F6N5OS. The molecule has 3 heterocycles. The molecule has 0 saturated heterocycles. The summed E-state index contributed by atoms with van der Waals surface area (Å²) < 4.78 is 87.4. The lowest BCUT2D eigenvalue weighted by Gasteiger charge is -2.22. The number of alkyl halides is 4. The molecule has 2 aliphatic carbocycles. The van der Waals surface area contributed by atoms with Gasteiger partial charge in [-0.3, -0.25) is 4.98 Å². The number of hydrogen-bond donors (Lipinski definition) is 1. The van der Waals surface area contributed by atoms with E-state index in [1.165, 1.54) is 17.5 Å². The summed E-state index contributed by atoms with van der Waals surface area (Å²) in [4.78, 5) is 22.3. The summed E-state index contributed by atoms with van der Waals surface area (Å²) in [6.45, 7) is 0. The van der Waals surface area contributed by atoms with Gasteiger partial charge < -0.3 is 5.32 Å². The molecule has 214 valence electrons. The minimum absolute atomic E-state index is 0.0431. The second-order valence-corrected chi connectivity index (χ2v) is 11.3. The van der Waals surface area contributed by atoms with Crippen molar-refractivity contribution in [2.24, 2.45) is 5.92 Å². The zero-order valence-electron chi connectivity index (χ0n) is 21.4. The first-order chi connectivity index (χ1) is 20.1. The summed E-state index contributed by atoms with van der Waals surface area (Å²) in [7, 11) is 0. The van der Waals surface area contributed by atoms with Crippen molar-refractivity contribution in [3.63, 3.8) is 0 Å². The molecular weight excluding hydrogens is 580 g/mol. The van der Waals surface area contributed by atoms with Gasteiger partial charge in [-0.05, 0) is 60.2 Å². The van der Waals surface area contributed by atoms with Gasteiger partial charge in [-0.1, -0.05) is 12.1 Å². The average molecular weight is 600 g/mol. The van der Waals surface area contributed by atoms with Crippen LogP contribution in [0.1, 0.15) is 53.0 Å². The van der Waals surface area contributed by atoms with Crippen LogP contribution >= 0.6 is 11.3 Å². The highest BCUT2D eigenvalue weighted by atomic mass is 32.1. The Morgan fingerprint density at radius 1 is 1.10 bits per heavy atom. The highest BCUT2D eigenvalue weighted by Gasteiger charge is 2.67. The number of carbonyl (C=O) groups excluding carboxylic acids is 1. The maximum absolute atomic E-state index is 14.8. The molecule has 0 aliphatic heterocycles. The molecule has 1 saturated carbocycles. The molecule has 42 heavy (non-hydrogen) atoms. The van der Waals surface area contributed by atoms with E-state index in [-0.39, 0.29) is 29.7 Å². The van der Waals surface area contributed by atoms with Gasteiger partial charge in [0.1, 0.15) is 23.0 Å². The largest absolute Gasteiger partial charge is 0.343 e. The van der Waals surface area contributed by atoms with Crippen LogP contribution in [0.25, 0.3) is 21.3 Å². The topological polar surface area (TPSA) is 72.7 Å². The van der Waals surface area contributed by atoms with E-state index in [2.05, 4.69) is 20.4 Å². The zero-order chi connectivity index (χ0) is 29.3. The van der Waals surface area contributed by atoms with E-state index >= 15 is 0 Å². The minimum atomic E-state index is -3.42. The molecule has 13 heteroatoms. The van der Waals surface area contributed by atoms with Crippen LogP contribution in [0.3, 0.4) is 0 Å². The highest BCUT2D eigenvalue weighted by molar-refractivity contribution is 7.16. The molecule has 3 aromatic heterocycles. The monoisotopic (exact) mass is 599 g/mol. The Morgan fingerprint density at radius 2 is 1.88 bits per heavy atom. The maximum Gasteiger partial charge on any atom is 0.343 e. The molecule has 0 spiro atoms. The summed E-state index contributed by atoms with van der Waals surface area (Å²) in [6.07, 6.45) is -1.95. The van der Waals surface area contributed by atoms with Crippen molar-refractivity contribution in [2.45, 2.75) is 37.1 Å². The van der Waals surface area contributed by atoms with E-state index in [9.17, 15) is 31.1 Å². The van der Waals surface area contributed by atoms with Gasteiger partial charge in [0.25, 0.3) is 12.3 Å². The van der Waals surface area contributed by atoms with Crippen molar-refractivity contribution < 1.29 is 31.1 Å². The van der Waals surface area contributed by atoms with Gasteiger partial charge in [-0.25, -0.2) is 27.3 Å². The fourth-order valence-corrected chi connectivity index (χ4v) is 6.52. The molecule has 0 bridgehead atoms. The predicted octanol–water partition coefficient (Wildman–Crippen LogP) is 7.52. The van der Waals surface area contributed by atoms with Crippen molar-refractivity contribution in [3.8, 4) is 11.1 Å². The van der Waals surface area contributed by atoms with Gasteiger partial charge in [-0.2, -0.15) is 18.6 Å². The third-order valence-corrected chi connectivity index (χ3v) is 8.58. The van der Waals surface area contributed by atoms with Crippen LogP contribution in [0.4, 0.5) is 31.1 Å². The quantitative estimate of drug-likeness (QED) is 0.205. The lowest BCUT2D eigenvalue weighted by Crippen LogP contribution is -2.36. The van der Waals surface area contributed by atoms with Crippen molar-refractivity contribution in [1.29, 1.82) is 0 Å². The number of amides is 1. The third-order valence-electron chi connectivity index (χ3n) is 7.77. The third kappa shape index (κ3) is 4.34. The van der Waals surface area contributed by atoms with E-state index in [0.29, 0.717) is 27.4 Å². The van der Waals surface area contributed by atoms with Crippen molar-refractivity contribution in [3.05, 3.63) is 100 Å². The maximum atomic E-state index is 14.8. The lowest BCUT2D eigenvalue weighted by atomic mass is 9.95. The van der Waals surface area contributed by atoms with E-state index in [0.717, 1.165) is 16.8 Å². The molecule has 3 atom stereocenters. The Morgan fingerprint density at radius 3 is 2.64 bits per heavy atom. The summed E-state index contributed by atoms with van der Waals surface area (Å²) in [5, 5.41) is 6.24. The number of pyridine rings is 1. The first kappa shape index (κ1) is 26.6. The van der Waals surface area contributed by atoms with Crippen LogP contribution in [0, 0.1) is 17.6 Å². The first-order valence-electron chi connectivity index (χ1n) is 13.0. The number of fused-ring (bicyclic) bond motifs is 4. The lowest BCUT2D eigenvalue weighted by molar-refractivity contribution is -0.0271. The second kappa shape index (κ2) is 9.65. The molecule has 0 radical (unpaired) electrons. The number of benzene rings is 2. The van der Waals surface area contributed by atoms with Crippen LogP contribution in [0.15, 0.2) is 60.2 Å². The minimum Gasteiger partial charge on any atom is -0.327 e. The van der Waals surface area contributed by atoms with E-state index in [1.54, 1.807) is 17.6 Å². The van der Waals surface area contributed by atoms with E-state index in [1.807, 2.05) is 18.2 Å². The number of aromatic nitrogens is 4. The number of carbonyl (C=O) groups is 1. The number of nitrogens with one attached hydrogen (secondary N) is 1. The highest BCUT2D eigenvalue weighted by Crippen LogP contribution is 2.67. The Bertz CT molecular complexity index is 1850. The van der Waals surface area contributed by atoms with Crippen LogP contribution < -0.4 is 5.32 Å². The molecule has 1 N–H and O–H groups in total. The van der Waals surface area contributed by atoms with Crippen molar-refractivity contribution in [1.82, 2.24) is 25.1 Å². The fraction of sp³-hybridized carbons (Fsp3) is 0.241. The Kier molecular flexibility index (Phi) is 6.12. The number of halogens is 6. The Labute approximate surface area is 238 Å². The molecule has 1 amide bonds. The van der Waals surface area contributed by atoms with Gasteiger partial charge in [0.05, 0.1) is 27.5 Å². The van der Waals surface area contributed by atoms with Gasteiger partial charge in [0, 0.05) is 29.3 Å². The summed E-state index contributed by atoms with van der Waals surface area (Å²) >= 11 is 1.45. The number of thiazole rings is 1. The van der Waals surface area contributed by atoms with Crippen molar-refractivity contribution in [2.75, 3.05) is 0 Å². The van der Waals surface area contributed by atoms with Gasteiger partial charge >= 0.3 is 6.03 Å².